The molecule has 2 heterocycles. The van der Waals surface area contributed by atoms with Crippen LogP contribution in [-0.4, -0.2) is 29.5 Å². The molecule has 0 spiro atoms. The lowest BCUT2D eigenvalue weighted by Gasteiger charge is -2.30. The molecule has 0 atom stereocenters. The van der Waals surface area contributed by atoms with Crippen molar-refractivity contribution >= 4 is 23.2 Å². The molecule has 2 amide bonds. The van der Waals surface area contributed by atoms with Crippen LogP contribution in [-0.2, 0) is 11.2 Å². The van der Waals surface area contributed by atoms with Gasteiger partial charge in [-0.3, -0.25) is 14.6 Å². The Kier molecular flexibility index (Phi) is 5.46. The summed E-state index contributed by atoms with van der Waals surface area (Å²) in [5.74, 6) is -2.35. The predicted molar refractivity (Wildman–Crippen MR) is 111 cm³/mol. The Morgan fingerprint density at radius 2 is 1.77 bits per heavy atom. The van der Waals surface area contributed by atoms with Crippen molar-refractivity contribution < 1.29 is 22.8 Å². The number of fused-ring (bicyclic) bond motifs is 1. The predicted octanol–water partition coefficient (Wildman–Crippen LogP) is 4.84. The maximum absolute atomic E-state index is 12.9. The van der Waals surface area contributed by atoms with Crippen LogP contribution in [0.3, 0.4) is 0 Å². The van der Waals surface area contributed by atoms with Crippen LogP contribution in [0.25, 0.3) is 11.3 Å². The van der Waals surface area contributed by atoms with E-state index in [1.807, 2.05) is 30.3 Å². The summed E-state index contributed by atoms with van der Waals surface area (Å²) in [7, 11) is 0. The first-order valence-electron chi connectivity index (χ1n) is 9.67. The summed E-state index contributed by atoms with van der Waals surface area (Å²) in [6, 6.07) is 17.5. The number of pyridine rings is 1. The second kappa shape index (κ2) is 8.22. The van der Waals surface area contributed by atoms with Gasteiger partial charge in [-0.15, -0.1) is 0 Å². The van der Waals surface area contributed by atoms with Crippen LogP contribution in [0.4, 0.5) is 24.5 Å². The molecule has 0 radical (unpaired) electrons. The minimum absolute atomic E-state index is 0.0202. The van der Waals surface area contributed by atoms with Crippen molar-refractivity contribution in [1.82, 2.24) is 4.98 Å². The van der Waals surface area contributed by atoms with Gasteiger partial charge in [0, 0.05) is 29.7 Å². The zero-order valence-electron chi connectivity index (χ0n) is 16.3. The molecule has 3 aromatic rings. The number of aryl methyl sites for hydroxylation is 1. The molecule has 0 saturated heterocycles. The number of nitrogens with one attached hydrogen (secondary N) is 1. The highest BCUT2D eigenvalue weighted by atomic mass is 19.4. The lowest BCUT2D eigenvalue weighted by molar-refractivity contribution is -0.170. The van der Waals surface area contributed by atoms with Crippen molar-refractivity contribution in [2.75, 3.05) is 16.8 Å². The van der Waals surface area contributed by atoms with Crippen LogP contribution in [0.5, 0.6) is 0 Å². The fourth-order valence-corrected chi connectivity index (χ4v) is 3.53. The highest BCUT2D eigenvalue weighted by Crippen LogP contribution is 2.33. The number of rotatable bonds is 3. The van der Waals surface area contributed by atoms with Crippen molar-refractivity contribution in [3.8, 4) is 11.3 Å². The average Bonchev–Trinajstić information content (AvgIpc) is 2.78. The average molecular weight is 425 g/mol. The second-order valence-electron chi connectivity index (χ2n) is 7.15. The minimum Gasteiger partial charge on any atom is -0.322 e. The smallest absolute Gasteiger partial charge is 0.322 e. The topological polar surface area (TPSA) is 62.3 Å². The Morgan fingerprint density at radius 3 is 2.45 bits per heavy atom. The van der Waals surface area contributed by atoms with Gasteiger partial charge in [-0.05, 0) is 42.7 Å². The van der Waals surface area contributed by atoms with E-state index in [-0.39, 0.29) is 12.2 Å². The standard InChI is InChI=1S/C23H18F3N3O2/c24-23(25,26)22(31)29-12-4-7-16-8-10-18(13-20(16)29)28-21(30)17-9-11-19(27-14-17)15-5-2-1-3-6-15/h1-3,5-6,8-11,13-14H,4,7,12H2,(H,28,30). The molecule has 158 valence electrons. The number of hydrogen-bond acceptors (Lipinski definition) is 3. The molecule has 2 aromatic carbocycles. The molecular weight excluding hydrogens is 407 g/mol. The second-order valence-corrected chi connectivity index (χ2v) is 7.15. The number of benzene rings is 2. The number of hydrogen-bond donors (Lipinski definition) is 1. The summed E-state index contributed by atoms with van der Waals surface area (Å²) in [5, 5.41) is 2.67. The molecule has 31 heavy (non-hydrogen) atoms. The van der Waals surface area contributed by atoms with Crippen LogP contribution >= 0.6 is 0 Å². The van der Waals surface area contributed by atoms with Crippen LogP contribution in [0.2, 0.25) is 0 Å². The van der Waals surface area contributed by atoms with Gasteiger partial charge in [0.15, 0.2) is 0 Å². The number of carbonyl (C=O) groups excluding carboxylic acids is 2. The van der Waals surface area contributed by atoms with Crippen molar-refractivity contribution in [2.24, 2.45) is 0 Å². The SMILES string of the molecule is O=C(Nc1ccc2c(c1)N(C(=O)C(F)(F)F)CCC2)c1ccc(-c2ccccc2)nc1. The van der Waals surface area contributed by atoms with E-state index < -0.39 is 18.0 Å². The van der Waals surface area contributed by atoms with Crippen molar-refractivity contribution in [3.05, 3.63) is 78.0 Å². The quantitative estimate of drug-likeness (QED) is 0.653. The molecule has 0 bridgehead atoms. The molecule has 8 heteroatoms. The summed E-state index contributed by atoms with van der Waals surface area (Å²) < 4.78 is 38.8. The van der Waals surface area contributed by atoms with Crippen LogP contribution in [0.1, 0.15) is 22.3 Å². The summed E-state index contributed by atoms with van der Waals surface area (Å²) >= 11 is 0. The number of amides is 2. The Morgan fingerprint density at radius 1 is 1.00 bits per heavy atom. The van der Waals surface area contributed by atoms with Crippen molar-refractivity contribution in [3.63, 3.8) is 0 Å². The number of aromatic nitrogens is 1. The molecule has 5 nitrogen and oxygen atoms in total. The number of carbonyl (C=O) groups is 2. The zero-order valence-corrected chi connectivity index (χ0v) is 16.3. The molecule has 1 aliphatic heterocycles. The van der Waals surface area contributed by atoms with E-state index in [0.29, 0.717) is 35.3 Å². The molecule has 0 unspecified atom stereocenters. The van der Waals surface area contributed by atoms with Crippen molar-refractivity contribution in [2.45, 2.75) is 19.0 Å². The first-order chi connectivity index (χ1) is 14.8. The van der Waals surface area contributed by atoms with Gasteiger partial charge < -0.3 is 10.2 Å². The fourth-order valence-electron chi connectivity index (χ4n) is 3.53. The largest absolute Gasteiger partial charge is 0.471 e. The molecule has 0 aliphatic carbocycles. The Bertz CT molecular complexity index is 1110. The Labute approximate surface area is 176 Å². The monoisotopic (exact) mass is 425 g/mol. The highest BCUT2D eigenvalue weighted by molar-refractivity contribution is 6.05. The van der Waals surface area contributed by atoms with Crippen LogP contribution in [0.15, 0.2) is 66.9 Å². The first-order valence-corrected chi connectivity index (χ1v) is 9.67. The van der Waals surface area contributed by atoms with E-state index in [0.717, 1.165) is 10.5 Å². The fraction of sp³-hybridized carbons (Fsp3) is 0.174. The van der Waals surface area contributed by atoms with E-state index >= 15 is 0 Å². The van der Waals surface area contributed by atoms with E-state index in [1.165, 1.54) is 12.3 Å². The number of nitrogens with zero attached hydrogens (tertiary/aromatic N) is 2. The van der Waals surface area contributed by atoms with Gasteiger partial charge >= 0.3 is 12.1 Å². The summed E-state index contributed by atoms with van der Waals surface area (Å²) in [4.78, 5) is 29.4. The molecular formula is C23H18F3N3O2. The normalized spacial score (nSPS) is 13.5. The van der Waals surface area contributed by atoms with Gasteiger partial charge in [-0.2, -0.15) is 13.2 Å². The third-order valence-electron chi connectivity index (χ3n) is 5.04. The summed E-state index contributed by atoms with van der Waals surface area (Å²) in [6.45, 7) is -0.0202. The van der Waals surface area contributed by atoms with E-state index in [2.05, 4.69) is 10.3 Å². The van der Waals surface area contributed by atoms with Gasteiger partial charge in [0.05, 0.1) is 11.3 Å². The lowest BCUT2D eigenvalue weighted by Crippen LogP contribution is -2.43. The van der Waals surface area contributed by atoms with E-state index in [1.54, 1.807) is 24.3 Å². The summed E-state index contributed by atoms with van der Waals surface area (Å²) in [6.07, 6.45) is -2.51. The maximum atomic E-state index is 12.9. The maximum Gasteiger partial charge on any atom is 0.471 e. The number of alkyl halides is 3. The van der Waals surface area contributed by atoms with E-state index in [4.69, 9.17) is 0 Å². The number of anilines is 2. The zero-order chi connectivity index (χ0) is 22.0. The van der Waals surface area contributed by atoms with Gasteiger partial charge in [-0.25, -0.2) is 0 Å². The Hall–Kier alpha value is -3.68. The molecule has 0 saturated carbocycles. The van der Waals surface area contributed by atoms with E-state index in [9.17, 15) is 22.8 Å². The Balaban J connectivity index is 1.53. The first kappa shape index (κ1) is 20.6. The van der Waals surface area contributed by atoms with Gasteiger partial charge in [0.1, 0.15) is 0 Å². The molecule has 1 N–H and O–H groups in total. The summed E-state index contributed by atoms with van der Waals surface area (Å²) in [5.41, 5.74) is 3.05. The van der Waals surface area contributed by atoms with Crippen LogP contribution < -0.4 is 10.2 Å². The third-order valence-corrected chi connectivity index (χ3v) is 5.04. The van der Waals surface area contributed by atoms with Crippen LogP contribution in [0, 0.1) is 0 Å². The molecule has 0 fully saturated rings. The van der Waals surface area contributed by atoms with Gasteiger partial charge in [0.2, 0.25) is 0 Å². The molecule has 1 aromatic heterocycles. The molecule has 4 rings (SSSR count). The lowest BCUT2D eigenvalue weighted by atomic mass is 10.0. The van der Waals surface area contributed by atoms with Gasteiger partial charge in [-0.1, -0.05) is 36.4 Å². The van der Waals surface area contributed by atoms with Crippen molar-refractivity contribution in [1.29, 1.82) is 0 Å². The highest BCUT2D eigenvalue weighted by Gasteiger charge is 2.44. The number of halogens is 3. The molecule has 1 aliphatic rings. The van der Waals surface area contributed by atoms with Gasteiger partial charge in [0.25, 0.3) is 5.91 Å². The third kappa shape index (κ3) is 4.42. The minimum atomic E-state index is -4.96.